The predicted molar refractivity (Wildman–Crippen MR) is 66.7 cm³/mol. The molecule has 3 heteroatoms. The van der Waals surface area contributed by atoms with Crippen molar-refractivity contribution in [2.24, 2.45) is 11.7 Å². The van der Waals surface area contributed by atoms with Gasteiger partial charge in [0.25, 0.3) is 0 Å². The summed E-state index contributed by atoms with van der Waals surface area (Å²) in [6, 6.07) is 2.10. The summed E-state index contributed by atoms with van der Waals surface area (Å²) >= 11 is 0. The van der Waals surface area contributed by atoms with Crippen LogP contribution in [0.3, 0.4) is 0 Å². The van der Waals surface area contributed by atoms with E-state index in [1.807, 2.05) is 0 Å². The molecule has 1 aromatic rings. The summed E-state index contributed by atoms with van der Waals surface area (Å²) in [5, 5.41) is 0. The molecular weight excluding hydrogens is 220 g/mol. The number of aryl methyl sites for hydroxylation is 1. The first kappa shape index (κ1) is 14.1. The van der Waals surface area contributed by atoms with E-state index in [0.717, 1.165) is 25.3 Å². The first-order chi connectivity index (χ1) is 7.91. The molecular formula is C14H21F2N. The van der Waals surface area contributed by atoms with E-state index < -0.39 is 11.6 Å². The van der Waals surface area contributed by atoms with Gasteiger partial charge in [0.15, 0.2) is 0 Å². The van der Waals surface area contributed by atoms with Crippen LogP contribution < -0.4 is 5.73 Å². The van der Waals surface area contributed by atoms with Gasteiger partial charge in [0.05, 0.1) is 0 Å². The second-order valence-corrected chi connectivity index (χ2v) is 5.05. The monoisotopic (exact) mass is 241 g/mol. The van der Waals surface area contributed by atoms with E-state index in [4.69, 9.17) is 5.73 Å². The molecule has 1 nitrogen and oxygen atoms in total. The molecule has 1 unspecified atom stereocenters. The Balaban J connectivity index is 2.68. The maximum Gasteiger partial charge on any atom is 0.130 e. The zero-order valence-electron chi connectivity index (χ0n) is 10.8. The Bertz CT molecular complexity index is 375. The second-order valence-electron chi connectivity index (χ2n) is 5.05. The maximum atomic E-state index is 13.5. The third-order valence-electron chi connectivity index (χ3n) is 2.97. The third kappa shape index (κ3) is 4.08. The molecule has 0 aliphatic carbocycles. The van der Waals surface area contributed by atoms with Crippen LogP contribution in [0.15, 0.2) is 12.1 Å². The van der Waals surface area contributed by atoms with Gasteiger partial charge in [-0.15, -0.1) is 0 Å². The first-order valence-corrected chi connectivity index (χ1v) is 6.13. The highest BCUT2D eigenvalue weighted by atomic mass is 19.1. The molecule has 1 rings (SSSR count). The molecule has 0 heterocycles. The molecule has 0 spiro atoms. The van der Waals surface area contributed by atoms with Gasteiger partial charge >= 0.3 is 0 Å². The number of hydrogen-bond donors (Lipinski definition) is 1. The van der Waals surface area contributed by atoms with E-state index in [0.29, 0.717) is 17.0 Å². The van der Waals surface area contributed by atoms with Crippen LogP contribution in [0.25, 0.3) is 0 Å². The fraction of sp³-hybridized carbons (Fsp3) is 0.571. The van der Waals surface area contributed by atoms with Crippen LogP contribution in [0.4, 0.5) is 8.78 Å². The summed E-state index contributed by atoms with van der Waals surface area (Å²) in [7, 11) is 0. The molecule has 96 valence electrons. The predicted octanol–water partition coefficient (Wildman–Crippen LogP) is 4.10. The van der Waals surface area contributed by atoms with Crippen LogP contribution in [0.5, 0.6) is 0 Å². The van der Waals surface area contributed by atoms with Crippen molar-refractivity contribution >= 4 is 0 Å². The van der Waals surface area contributed by atoms with Crippen LogP contribution in [0.1, 0.15) is 50.3 Å². The Morgan fingerprint density at radius 1 is 1.12 bits per heavy atom. The van der Waals surface area contributed by atoms with Crippen molar-refractivity contribution in [3.05, 3.63) is 34.9 Å². The van der Waals surface area contributed by atoms with E-state index in [1.165, 1.54) is 6.07 Å². The summed E-state index contributed by atoms with van der Waals surface area (Å²) in [4.78, 5) is 0. The molecule has 0 fully saturated rings. The molecule has 1 aromatic carbocycles. The van der Waals surface area contributed by atoms with Crippen molar-refractivity contribution in [3.63, 3.8) is 0 Å². The minimum absolute atomic E-state index is 0.340. The van der Waals surface area contributed by atoms with Gasteiger partial charge in [-0.25, -0.2) is 8.78 Å². The average molecular weight is 241 g/mol. The normalized spacial score (nSPS) is 13.1. The lowest BCUT2D eigenvalue weighted by Crippen LogP contribution is -2.13. The summed E-state index contributed by atoms with van der Waals surface area (Å²) < 4.78 is 26.6. The number of nitrogens with two attached hydrogens (primary N) is 1. The van der Waals surface area contributed by atoms with Crippen LogP contribution in [-0.4, -0.2) is 0 Å². The van der Waals surface area contributed by atoms with Crippen LogP contribution >= 0.6 is 0 Å². The first-order valence-electron chi connectivity index (χ1n) is 6.13. The molecule has 2 N–H and O–H groups in total. The fourth-order valence-corrected chi connectivity index (χ4v) is 1.87. The number of halogens is 2. The highest BCUT2D eigenvalue weighted by Crippen LogP contribution is 2.23. The van der Waals surface area contributed by atoms with Crippen molar-refractivity contribution in [1.82, 2.24) is 0 Å². The van der Waals surface area contributed by atoms with E-state index >= 15 is 0 Å². The van der Waals surface area contributed by atoms with E-state index in [2.05, 4.69) is 13.8 Å². The molecule has 0 saturated heterocycles. The van der Waals surface area contributed by atoms with Gasteiger partial charge in [-0.2, -0.15) is 0 Å². The second kappa shape index (κ2) is 6.10. The Hall–Kier alpha value is -0.960. The summed E-state index contributed by atoms with van der Waals surface area (Å²) in [6.07, 6.45) is 2.78. The summed E-state index contributed by atoms with van der Waals surface area (Å²) in [6.45, 7) is 5.92. The lowest BCUT2D eigenvalue weighted by Gasteiger charge is -2.14. The summed E-state index contributed by atoms with van der Waals surface area (Å²) in [5.41, 5.74) is 6.81. The van der Waals surface area contributed by atoms with E-state index in [-0.39, 0.29) is 6.04 Å². The number of hydrogen-bond acceptors (Lipinski definition) is 1. The average Bonchev–Trinajstić information content (AvgIpc) is 2.22. The number of benzene rings is 1. The van der Waals surface area contributed by atoms with Crippen molar-refractivity contribution in [1.29, 1.82) is 0 Å². The molecule has 0 saturated carbocycles. The van der Waals surface area contributed by atoms with E-state index in [1.54, 1.807) is 6.92 Å². The van der Waals surface area contributed by atoms with Gasteiger partial charge in [-0.3, -0.25) is 0 Å². The topological polar surface area (TPSA) is 26.0 Å². The van der Waals surface area contributed by atoms with Crippen molar-refractivity contribution < 1.29 is 8.78 Å². The van der Waals surface area contributed by atoms with Gasteiger partial charge in [-0.05, 0) is 30.9 Å². The SMILES string of the molecule is Cc1cc(C(N)CCCC(C)C)c(F)cc1F. The molecule has 0 amide bonds. The molecule has 0 radical (unpaired) electrons. The van der Waals surface area contributed by atoms with Crippen LogP contribution in [-0.2, 0) is 0 Å². The van der Waals surface area contributed by atoms with Gasteiger partial charge < -0.3 is 5.73 Å². The van der Waals surface area contributed by atoms with Crippen molar-refractivity contribution in [3.8, 4) is 0 Å². The quantitative estimate of drug-likeness (QED) is 0.825. The zero-order chi connectivity index (χ0) is 13.0. The Labute approximate surface area is 102 Å². The Kier molecular flexibility index (Phi) is 5.06. The third-order valence-corrected chi connectivity index (χ3v) is 2.97. The van der Waals surface area contributed by atoms with Gasteiger partial charge in [0, 0.05) is 17.7 Å². The lowest BCUT2D eigenvalue weighted by atomic mass is 9.97. The molecule has 1 atom stereocenters. The van der Waals surface area contributed by atoms with Gasteiger partial charge in [0.2, 0.25) is 0 Å². The number of rotatable bonds is 5. The molecule has 0 aliphatic heterocycles. The summed E-state index contributed by atoms with van der Waals surface area (Å²) in [5.74, 6) is -0.423. The van der Waals surface area contributed by atoms with Crippen LogP contribution in [0, 0.1) is 24.5 Å². The smallest absolute Gasteiger partial charge is 0.130 e. The maximum absolute atomic E-state index is 13.5. The molecule has 0 aliphatic rings. The highest BCUT2D eigenvalue weighted by Gasteiger charge is 2.14. The minimum atomic E-state index is -0.537. The van der Waals surface area contributed by atoms with Crippen molar-refractivity contribution in [2.45, 2.75) is 46.1 Å². The largest absolute Gasteiger partial charge is 0.324 e. The van der Waals surface area contributed by atoms with Gasteiger partial charge in [0.1, 0.15) is 11.6 Å². The van der Waals surface area contributed by atoms with Gasteiger partial charge in [-0.1, -0.05) is 26.7 Å². The Morgan fingerprint density at radius 2 is 1.76 bits per heavy atom. The Morgan fingerprint density at radius 3 is 2.35 bits per heavy atom. The standard InChI is InChI=1S/C14H21F2N/c1-9(2)5-4-6-14(17)11-7-10(3)12(15)8-13(11)16/h7-9,14H,4-6,17H2,1-3H3. The lowest BCUT2D eigenvalue weighted by molar-refractivity contribution is 0.489. The molecule has 0 aromatic heterocycles. The van der Waals surface area contributed by atoms with Crippen LogP contribution in [0.2, 0.25) is 0 Å². The highest BCUT2D eigenvalue weighted by molar-refractivity contribution is 5.27. The van der Waals surface area contributed by atoms with Crippen molar-refractivity contribution in [2.75, 3.05) is 0 Å². The molecule has 17 heavy (non-hydrogen) atoms. The minimum Gasteiger partial charge on any atom is -0.324 e. The van der Waals surface area contributed by atoms with E-state index in [9.17, 15) is 8.78 Å². The molecule has 0 bridgehead atoms. The zero-order valence-corrected chi connectivity index (χ0v) is 10.8. The fourth-order valence-electron chi connectivity index (χ4n) is 1.87.